The highest BCUT2D eigenvalue weighted by molar-refractivity contribution is 5.17. The summed E-state index contributed by atoms with van der Waals surface area (Å²) in [4.78, 5) is 0. The van der Waals surface area contributed by atoms with Crippen molar-refractivity contribution < 1.29 is 4.39 Å². The van der Waals surface area contributed by atoms with Crippen molar-refractivity contribution in [3.05, 3.63) is 35.2 Å². The monoisotopic (exact) mass is 279 g/mol. The van der Waals surface area contributed by atoms with Gasteiger partial charge in [-0.3, -0.25) is 4.68 Å². The first-order valence-corrected chi connectivity index (χ1v) is 6.99. The summed E-state index contributed by atoms with van der Waals surface area (Å²) in [7, 11) is 0. The van der Waals surface area contributed by atoms with E-state index in [1.807, 2.05) is 30.8 Å². The Morgan fingerprint density at radius 2 is 2.05 bits per heavy atom. The van der Waals surface area contributed by atoms with Crippen LogP contribution in [-0.2, 0) is 19.6 Å². The quantitative estimate of drug-likeness (QED) is 0.883. The molecule has 6 heteroatoms. The van der Waals surface area contributed by atoms with Gasteiger partial charge in [-0.15, -0.1) is 0 Å². The molecular weight excluding hydrogens is 257 g/mol. The van der Waals surface area contributed by atoms with Crippen molar-refractivity contribution in [3.8, 4) is 0 Å². The van der Waals surface area contributed by atoms with Gasteiger partial charge in [0.25, 0.3) is 0 Å². The molecule has 0 spiro atoms. The van der Waals surface area contributed by atoms with Crippen molar-refractivity contribution in [2.24, 2.45) is 0 Å². The minimum atomic E-state index is -0.245. The van der Waals surface area contributed by atoms with E-state index in [4.69, 9.17) is 0 Å². The molecule has 0 unspecified atom stereocenters. The molecule has 110 valence electrons. The lowest BCUT2D eigenvalue weighted by molar-refractivity contribution is 0.459. The smallest absolute Gasteiger partial charge is 0.216 e. The Morgan fingerprint density at radius 3 is 2.60 bits per heavy atom. The summed E-state index contributed by atoms with van der Waals surface area (Å²) in [6.45, 7) is 9.52. The van der Waals surface area contributed by atoms with Crippen LogP contribution in [0.1, 0.15) is 43.8 Å². The predicted molar refractivity (Wildman–Crippen MR) is 75.8 cm³/mol. The standard InChI is InChI=1S/C14H22FN5/c1-5-19-14(15)13(11(4)17-19)9-16-8-12-6-7-20(18-12)10(2)3/h6-7,10,16H,5,8-9H2,1-4H3. The number of hydrogen-bond acceptors (Lipinski definition) is 3. The molecule has 1 N–H and O–H groups in total. The molecule has 2 aromatic heterocycles. The van der Waals surface area contributed by atoms with Crippen LogP contribution >= 0.6 is 0 Å². The highest BCUT2D eigenvalue weighted by Crippen LogP contribution is 2.12. The van der Waals surface area contributed by atoms with Gasteiger partial charge in [-0.1, -0.05) is 0 Å². The fourth-order valence-corrected chi connectivity index (χ4v) is 2.08. The molecule has 0 bridgehead atoms. The number of nitrogens with zero attached hydrogens (tertiary/aromatic N) is 4. The molecule has 2 heterocycles. The third-order valence-corrected chi connectivity index (χ3v) is 3.28. The van der Waals surface area contributed by atoms with E-state index < -0.39 is 0 Å². The highest BCUT2D eigenvalue weighted by atomic mass is 19.1. The van der Waals surface area contributed by atoms with Gasteiger partial charge in [0.1, 0.15) is 0 Å². The van der Waals surface area contributed by atoms with Gasteiger partial charge in [0.15, 0.2) is 0 Å². The van der Waals surface area contributed by atoms with Gasteiger partial charge in [-0.2, -0.15) is 14.6 Å². The summed E-state index contributed by atoms with van der Waals surface area (Å²) in [5.41, 5.74) is 2.33. The summed E-state index contributed by atoms with van der Waals surface area (Å²) >= 11 is 0. The van der Waals surface area contributed by atoms with E-state index in [-0.39, 0.29) is 5.95 Å². The lowest BCUT2D eigenvalue weighted by Gasteiger charge is -2.05. The molecule has 0 aliphatic rings. The van der Waals surface area contributed by atoms with E-state index in [1.54, 1.807) is 0 Å². The molecule has 0 aromatic carbocycles. The predicted octanol–water partition coefficient (Wildman–Crippen LogP) is 2.42. The fraction of sp³-hybridized carbons (Fsp3) is 0.571. The third-order valence-electron chi connectivity index (χ3n) is 3.28. The first-order valence-electron chi connectivity index (χ1n) is 6.99. The summed E-state index contributed by atoms with van der Waals surface area (Å²) < 4.78 is 17.3. The SMILES string of the molecule is CCn1nc(C)c(CNCc2ccn(C(C)C)n2)c1F. The molecule has 0 saturated carbocycles. The van der Waals surface area contributed by atoms with Crippen molar-refractivity contribution in [3.63, 3.8) is 0 Å². The number of nitrogens with one attached hydrogen (secondary N) is 1. The molecule has 20 heavy (non-hydrogen) atoms. The van der Waals surface area contributed by atoms with E-state index in [2.05, 4.69) is 29.4 Å². The van der Waals surface area contributed by atoms with Crippen molar-refractivity contribution in [1.29, 1.82) is 0 Å². The zero-order chi connectivity index (χ0) is 14.7. The number of rotatable bonds is 6. The largest absolute Gasteiger partial charge is 0.307 e. The van der Waals surface area contributed by atoms with Crippen molar-refractivity contribution >= 4 is 0 Å². The zero-order valence-corrected chi connectivity index (χ0v) is 12.5. The zero-order valence-electron chi connectivity index (χ0n) is 12.5. The summed E-state index contributed by atoms with van der Waals surface area (Å²) in [5, 5.41) is 11.8. The van der Waals surface area contributed by atoms with Gasteiger partial charge in [-0.05, 0) is 33.8 Å². The van der Waals surface area contributed by atoms with Crippen molar-refractivity contribution in [1.82, 2.24) is 24.9 Å². The maximum absolute atomic E-state index is 14.0. The third kappa shape index (κ3) is 3.07. The topological polar surface area (TPSA) is 47.7 Å². The van der Waals surface area contributed by atoms with Gasteiger partial charge in [0.2, 0.25) is 5.95 Å². The molecule has 0 fully saturated rings. The van der Waals surface area contributed by atoms with E-state index in [9.17, 15) is 4.39 Å². The lowest BCUT2D eigenvalue weighted by atomic mass is 10.2. The molecule has 0 aliphatic heterocycles. The van der Waals surface area contributed by atoms with Gasteiger partial charge in [0, 0.05) is 37.4 Å². The van der Waals surface area contributed by atoms with E-state index in [0.29, 0.717) is 31.2 Å². The van der Waals surface area contributed by atoms with Gasteiger partial charge in [0.05, 0.1) is 11.4 Å². The van der Waals surface area contributed by atoms with Gasteiger partial charge in [-0.25, -0.2) is 4.68 Å². The van der Waals surface area contributed by atoms with Crippen LogP contribution in [-0.4, -0.2) is 19.6 Å². The summed E-state index contributed by atoms with van der Waals surface area (Å²) in [6.07, 6.45) is 1.96. The minimum absolute atomic E-state index is 0.245. The van der Waals surface area contributed by atoms with Crippen LogP contribution in [0.2, 0.25) is 0 Å². The van der Waals surface area contributed by atoms with Crippen LogP contribution in [0.3, 0.4) is 0 Å². The normalized spacial score (nSPS) is 11.5. The van der Waals surface area contributed by atoms with Crippen LogP contribution in [0.5, 0.6) is 0 Å². The van der Waals surface area contributed by atoms with E-state index in [0.717, 1.165) is 11.4 Å². The van der Waals surface area contributed by atoms with E-state index in [1.165, 1.54) is 4.68 Å². The number of aryl methyl sites for hydroxylation is 2. The Bertz CT molecular complexity index is 570. The lowest BCUT2D eigenvalue weighted by Crippen LogP contribution is -2.15. The molecule has 0 amide bonds. The first-order chi connectivity index (χ1) is 9.52. The van der Waals surface area contributed by atoms with Gasteiger partial charge >= 0.3 is 0 Å². The maximum atomic E-state index is 14.0. The molecule has 0 radical (unpaired) electrons. The van der Waals surface area contributed by atoms with E-state index >= 15 is 0 Å². The van der Waals surface area contributed by atoms with Crippen LogP contribution in [0.15, 0.2) is 12.3 Å². The molecule has 0 saturated heterocycles. The Morgan fingerprint density at radius 1 is 1.30 bits per heavy atom. The average Bonchev–Trinajstić information content (AvgIpc) is 2.98. The molecule has 0 atom stereocenters. The highest BCUT2D eigenvalue weighted by Gasteiger charge is 2.13. The second kappa shape index (κ2) is 6.17. The van der Waals surface area contributed by atoms with Crippen LogP contribution in [0, 0.1) is 12.9 Å². The van der Waals surface area contributed by atoms with Crippen molar-refractivity contribution in [2.45, 2.75) is 53.4 Å². The van der Waals surface area contributed by atoms with Gasteiger partial charge < -0.3 is 5.32 Å². The summed E-state index contributed by atoms with van der Waals surface area (Å²) in [5.74, 6) is -0.245. The Hall–Kier alpha value is -1.69. The van der Waals surface area contributed by atoms with Crippen LogP contribution < -0.4 is 5.32 Å². The second-order valence-electron chi connectivity index (χ2n) is 5.15. The fourth-order valence-electron chi connectivity index (χ4n) is 2.08. The summed E-state index contributed by atoms with van der Waals surface area (Å²) in [6, 6.07) is 2.33. The molecule has 2 rings (SSSR count). The number of halogens is 1. The molecular formula is C14H22FN5. The Kier molecular flexibility index (Phi) is 4.54. The Labute approximate surface area is 118 Å². The second-order valence-corrected chi connectivity index (χ2v) is 5.15. The minimum Gasteiger partial charge on any atom is -0.307 e. The maximum Gasteiger partial charge on any atom is 0.216 e. The van der Waals surface area contributed by atoms with Crippen molar-refractivity contribution in [2.75, 3.05) is 0 Å². The number of aromatic nitrogens is 4. The molecule has 0 aliphatic carbocycles. The molecule has 5 nitrogen and oxygen atoms in total. The van der Waals surface area contributed by atoms with Crippen LogP contribution in [0.25, 0.3) is 0 Å². The average molecular weight is 279 g/mol. The Balaban J connectivity index is 1.94. The number of hydrogen-bond donors (Lipinski definition) is 1. The molecule has 2 aromatic rings. The first kappa shape index (κ1) is 14.7. The van der Waals surface area contributed by atoms with Crippen LogP contribution in [0.4, 0.5) is 4.39 Å².